The number of aromatic amines is 1. The number of nitrogens with two attached hydrogens (primary N) is 1. The number of carbonyl (C=O) groups excluding carboxylic acids is 2. The van der Waals surface area contributed by atoms with E-state index in [4.69, 9.17) is 5.73 Å². The Morgan fingerprint density at radius 2 is 2.04 bits per heavy atom. The first-order valence-corrected chi connectivity index (χ1v) is 8.97. The van der Waals surface area contributed by atoms with Crippen LogP contribution in [0.5, 0.6) is 0 Å². The summed E-state index contributed by atoms with van der Waals surface area (Å²) >= 11 is 0. The molecule has 1 aliphatic heterocycles. The maximum Gasteiger partial charge on any atom is 0.245 e. The predicted octanol–water partition coefficient (Wildman–Crippen LogP) is 2.40. The average molecular weight is 354 g/mol. The van der Waals surface area contributed by atoms with E-state index in [-0.39, 0.29) is 18.2 Å². The number of likely N-dealkylation sites (tertiary alicyclic amines) is 1. The Kier molecular flexibility index (Phi) is 5.02. The number of hydrogen-bond acceptors (Lipinski definition) is 3. The third-order valence-electron chi connectivity index (χ3n) is 5.25. The lowest BCUT2D eigenvalue weighted by atomic mass is 10.0. The molecule has 0 spiro atoms. The average Bonchev–Trinajstić information content (AvgIpc) is 2.92. The fraction of sp³-hybridized carbons (Fsp3) is 0.400. The van der Waals surface area contributed by atoms with Gasteiger partial charge >= 0.3 is 0 Å². The number of H-pyrrole nitrogens is 1. The number of carbonyl (C=O) groups is 2. The van der Waals surface area contributed by atoms with Crippen molar-refractivity contribution in [2.75, 3.05) is 18.4 Å². The van der Waals surface area contributed by atoms with Gasteiger partial charge in [-0.05, 0) is 50.0 Å². The van der Waals surface area contributed by atoms with Gasteiger partial charge in [-0.25, -0.2) is 0 Å². The third kappa shape index (κ3) is 3.45. The molecule has 1 fully saturated rings. The van der Waals surface area contributed by atoms with E-state index in [1.54, 1.807) is 0 Å². The van der Waals surface area contributed by atoms with Crippen LogP contribution in [-0.2, 0) is 16.0 Å². The molecule has 1 saturated heterocycles. The molecular formula is C20H26N4O2. The van der Waals surface area contributed by atoms with Crippen LogP contribution in [-0.4, -0.2) is 40.8 Å². The van der Waals surface area contributed by atoms with Crippen LogP contribution >= 0.6 is 0 Å². The Hall–Kier alpha value is -2.76. The summed E-state index contributed by atoms with van der Waals surface area (Å²) in [5.74, 6) is -0.338. The van der Waals surface area contributed by atoms with Crippen molar-refractivity contribution in [2.45, 2.75) is 39.2 Å². The van der Waals surface area contributed by atoms with Crippen LogP contribution in [0, 0.1) is 13.8 Å². The van der Waals surface area contributed by atoms with E-state index in [0.29, 0.717) is 6.04 Å². The molecule has 0 bridgehead atoms. The SMILES string of the molecule is C=CC(=O)N1CCC(Nc2ccc(CC(N)=O)c3[nH]c(C)c(C)c23)CC1. The smallest absolute Gasteiger partial charge is 0.245 e. The highest BCUT2D eigenvalue weighted by Gasteiger charge is 2.22. The van der Waals surface area contributed by atoms with Gasteiger partial charge in [-0.1, -0.05) is 12.6 Å². The Morgan fingerprint density at radius 3 is 2.65 bits per heavy atom. The number of hydrogen-bond donors (Lipinski definition) is 3. The van der Waals surface area contributed by atoms with Gasteiger partial charge in [0.15, 0.2) is 0 Å². The molecule has 2 aromatic rings. The van der Waals surface area contributed by atoms with Gasteiger partial charge in [0, 0.05) is 35.9 Å². The van der Waals surface area contributed by atoms with Gasteiger partial charge in [-0.15, -0.1) is 0 Å². The molecule has 138 valence electrons. The molecule has 0 radical (unpaired) electrons. The molecule has 0 atom stereocenters. The zero-order valence-electron chi connectivity index (χ0n) is 15.4. The largest absolute Gasteiger partial charge is 0.382 e. The predicted molar refractivity (Wildman–Crippen MR) is 104 cm³/mol. The van der Waals surface area contributed by atoms with Gasteiger partial charge in [-0.2, -0.15) is 0 Å². The summed E-state index contributed by atoms with van der Waals surface area (Å²) < 4.78 is 0. The van der Waals surface area contributed by atoms with Crippen molar-refractivity contribution >= 4 is 28.4 Å². The minimum Gasteiger partial charge on any atom is -0.382 e. The molecule has 2 amide bonds. The summed E-state index contributed by atoms with van der Waals surface area (Å²) in [5, 5.41) is 4.75. The van der Waals surface area contributed by atoms with Crippen molar-refractivity contribution < 1.29 is 9.59 Å². The number of aryl methyl sites for hydroxylation is 2. The Labute approximate surface area is 153 Å². The zero-order chi connectivity index (χ0) is 18.8. The van der Waals surface area contributed by atoms with Gasteiger partial charge in [0.25, 0.3) is 0 Å². The molecule has 4 N–H and O–H groups in total. The summed E-state index contributed by atoms with van der Waals surface area (Å²) in [5.41, 5.74) is 10.6. The second-order valence-electron chi connectivity index (χ2n) is 6.99. The molecule has 0 aliphatic carbocycles. The van der Waals surface area contributed by atoms with Crippen molar-refractivity contribution in [1.82, 2.24) is 9.88 Å². The fourth-order valence-electron chi connectivity index (χ4n) is 3.70. The number of anilines is 1. The number of piperidine rings is 1. The van der Waals surface area contributed by atoms with Gasteiger partial charge in [0.1, 0.15) is 0 Å². The number of amides is 2. The normalized spacial score (nSPS) is 15.2. The van der Waals surface area contributed by atoms with E-state index in [2.05, 4.69) is 23.8 Å². The molecule has 1 aromatic heterocycles. The molecule has 0 saturated carbocycles. The summed E-state index contributed by atoms with van der Waals surface area (Å²) in [6, 6.07) is 4.30. The van der Waals surface area contributed by atoms with Crippen LogP contribution in [0.1, 0.15) is 29.7 Å². The highest BCUT2D eigenvalue weighted by Crippen LogP contribution is 2.33. The summed E-state index contributed by atoms with van der Waals surface area (Å²) in [7, 11) is 0. The zero-order valence-corrected chi connectivity index (χ0v) is 15.4. The number of primary amides is 1. The first kappa shape index (κ1) is 18.0. The van der Waals surface area contributed by atoms with Gasteiger partial charge in [-0.3, -0.25) is 9.59 Å². The summed E-state index contributed by atoms with van der Waals surface area (Å²) in [6.45, 7) is 9.14. The first-order chi connectivity index (χ1) is 12.4. The quantitative estimate of drug-likeness (QED) is 0.720. The van der Waals surface area contributed by atoms with Crippen molar-refractivity contribution in [1.29, 1.82) is 0 Å². The Bertz CT molecular complexity index is 860. The fourth-order valence-corrected chi connectivity index (χ4v) is 3.70. The van der Waals surface area contributed by atoms with E-state index in [9.17, 15) is 9.59 Å². The molecule has 6 nitrogen and oxygen atoms in total. The van der Waals surface area contributed by atoms with Gasteiger partial charge in [0.2, 0.25) is 11.8 Å². The van der Waals surface area contributed by atoms with Crippen LogP contribution in [0.3, 0.4) is 0 Å². The highest BCUT2D eigenvalue weighted by atomic mass is 16.2. The number of nitrogens with zero attached hydrogens (tertiary/aromatic N) is 1. The molecule has 3 rings (SSSR count). The Balaban J connectivity index is 1.84. The molecule has 0 unspecified atom stereocenters. The minimum atomic E-state index is -0.337. The minimum absolute atomic E-state index is 0.00116. The van der Waals surface area contributed by atoms with Crippen LogP contribution in [0.2, 0.25) is 0 Å². The van der Waals surface area contributed by atoms with E-state index in [1.807, 2.05) is 24.0 Å². The number of rotatable bonds is 5. The van der Waals surface area contributed by atoms with E-state index < -0.39 is 0 Å². The van der Waals surface area contributed by atoms with Crippen molar-refractivity contribution in [3.05, 3.63) is 41.6 Å². The van der Waals surface area contributed by atoms with E-state index in [0.717, 1.165) is 53.8 Å². The lowest BCUT2D eigenvalue weighted by Gasteiger charge is -2.32. The first-order valence-electron chi connectivity index (χ1n) is 8.97. The lowest BCUT2D eigenvalue weighted by molar-refractivity contribution is -0.126. The molecule has 1 aliphatic rings. The third-order valence-corrected chi connectivity index (χ3v) is 5.25. The molecule has 2 heterocycles. The van der Waals surface area contributed by atoms with Crippen molar-refractivity contribution in [2.24, 2.45) is 5.73 Å². The number of aromatic nitrogens is 1. The maximum absolute atomic E-state index is 11.7. The van der Waals surface area contributed by atoms with Crippen LogP contribution < -0.4 is 11.1 Å². The molecule has 6 heteroatoms. The number of nitrogens with one attached hydrogen (secondary N) is 2. The van der Waals surface area contributed by atoms with Crippen LogP contribution in [0.4, 0.5) is 5.69 Å². The van der Waals surface area contributed by atoms with Crippen LogP contribution in [0.25, 0.3) is 10.9 Å². The number of benzene rings is 1. The summed E-state index contributed by atoms with van der Waals surface area (Å²) in [6.07, 6.45) is 3.39. The standard InChI is InChI=1S/C20H26N4O2/c1-4-18(26)24-9-7-15(8-10-24)23-16-6-5-14(11-17(21)25)20-19(16)12(2)13(3)22-20/h4-6,15,22-23H,1,7-11H2,2-3H3,(H2,21,25). The second kappa shape index (κ2) is 7.23. The van der Waals surface area contributed by atoms with Crippen molar-refractivity contribution in [3.8, 4) is 0 Å². The maximum atomic E-state index is 11.7. The highest BCUT2D eigenvalue weighted by molar-refractivity contribution is 5.99. The lowest BCUT2D eigenvalue weighted by Crippen LogP contribution is -2.41. The molecule has 26 heavy (non-hydrogen) atoms. The van der Waals surface area contributed by atoms with E-state index >= 15 is 0 Å². The second-order valence-corrected chi connectivity index (χ2v) is 6.99. The number of fused-ring (bicyclic) bond motifs is 1. The van der Waals surface area contributed by atoms with Crippen LogP contribution in [0.15, 0.2) is 24.8 Å². The monoisotopic (exact) mass is 354 g/mol. The van der Waals surface area contributed by atoms with Gasteiger partial charge in [0.05, 0.1) is 11.9 Å². The molecule has 1 aromatic carbocycles. The van der Waals surface area contributed by atoms with Crippen molar-refractivity contribution in [3.63, 3.8) is 0 Å². The Morgan fingerprint density at radius 1 is 1.35 bits per heavy atom. The summed E-state index contributed by atoms with van der Waals surface area (Å²) in [4.78, 5) is 28.3. The topological polar surface area (TPSA) is 91.2 Å². The molecular weight excluding hydrogens is 328 g/mol. The van der Waals surface area contributed by atoms with Gasteiger partial charge < -0.3 is 20.9 Å². The van der Waals surface area contributed by atoms with E-state index in [1.165, 1.54) is 11.6 Å².